The van der Waals surface area contributed by atoms with Crippen molar-refractivity contribution in [3.63, 3.8) is 0 Å². The summed E-state index contributed by atoms with van der Waals surface area (Å²) in [4.78, 5) is 43.6. The number of para-hydroxylation sites is 1. The molecule has 2 aromatic rings. The molecule has 3 unspecified atom stereocenters. The second kappa shape index (κ2) is 11.5. The molecule has 0 aromatic heterocycles. The largest absolute Gasteiger partial charge is 0.495 e. The minimum absolute atomic E-state index is 0.137. The fourth-order valence-electron chi connectivity index (χ4n) is 4.86. The van der Waals surface area contributed by atoms with E-state index < -0.39 is 54.7 Å². The zero-order chi connectivity index (χ0) is 28.3. The first-order valence-electron chi connectivity index (χ1n) is 12.8. The number of benzodiazepines with no additional fused rings is 1. The summed E-state index contributed by atoms with van der Waals surface area (Å²) in [6.45, 7) is 1.89. The number of nitrogens with zero attached hydrogens (tertiary/aromatic N) is 1. The molecule has 1 saturated carbocycles. The maximum Gasteiger partial charge on any atom is 0.389 e. The number of carbonyl (C=O) groups excluding carboxylic acids is 3. The van der Waals surface area contributed by atoms with Gasteiger partial charge in [0.2, 0.25) is 18.0 Å². The van der Waals surface area contributed by atoms with E-state index in [9.17, 15) is 27.6 Å². The Labute approximate surface area is 224 Å². The fourth-order valence-corrected chi connectivity index (χ4v) is 4.86. The van der Waals surface area contributed by atoms with Crippen molar-refractivity contribution in [1.29, 1.82) is 0 Å². The Morgan fingerprint density at radius 2 is 1.90 bits per heavy atom. The molecule has 1 fully saturated rings. The molecule has 3 atom stereocenters. The SMILES string of the molecule is COc1cccc2c1NC(=O)C(NC(=O)C(CCC(F)(F)F)C(CC1CC1)C(N)=O)N=C2c1cccc(C)c1. The minimum atomic E-state index is -4.53. The highest BCUT2D eigenvalue weighted by Gasteiger charge is 2.41. The topological polar surface area (TPSA) is 123 Å². The van der Waals surface area contributed by atoms with Crippen LogP contribution in [0.1, 0.15) is 48.8 Å². The van der Waals surface area contributed by atoms with Gasteiger partial charge in [0.15, 0.2) is 0 Å². The number of anilines is 1. The van der Waals surface area contributed by atoms with E-state index in [4.69, 9.17) is 10.5 Å². The molecule has 2 aliphatic rings. The standard InChI is InChI=1S/C28H31F3N4O4/c1-15-5-3-6-17(13-15)22-19-7-4-8-21(39-2)23(19)34-27(38)25(33-22)35-26(37)18(11-12-28(29,30)31)20(24(32)36)14-16-9-10-16/h3-8,13,16,18,20,25H,9-12,14H2,1-2H3,(H2,32,36)(H,34,38)(H,35,37). The van der Waals surface area contributed by atoms with Crippen LogP contribution in [0.3, 0.4) is 0 Å². The van der Waals surface area contributed by atoms with Crippen LogP contribution in [0.25, 0.3) is 0 Å². The summed E-state index contributed by atoms with van der Waals surface area (Å²) in [6.07, 6.45) is -6.03. The Bertz CT molecular complexity index is 1290. The molecule has 4 N–H and O–H groups in total. The molecule has 2 aromatic carbocycles. The van der Waals surface area contributed by atoms with Gasteiger partial charge in [-0.05, 0) is 37.8 Å². The van der Waals surface area contributed by atoms with Gasteiger partial charge in [-0.15, -0.1) is 0 Å². The normalized spacial score (nSPS) is 18.6. The minimum Gasteiger partial charge on any atom is -0.495 e. The van der Waals surface area contributed by atoms with Gasteiger partial charge in [-0.25, -0.2) is 4.99 Å². The third kappa shape index (κ3) is 6.96. The number of fused-ring (bicyclic) bond motifs is 1. The van der Waals surface area contributed by atoms with Crippen molar-refractivity contribution < 1.29 is 32.3 Å². The summed E-state index contributed by atoms with van der Waals surface area (Å²) in [5.41, 5.74) is 8.42. The smallest absolute Gasteiger partial charge is 0.389 e. The summed E-state index contributed by atoms with van der Waals surface area (Å²) >= 11 is 0. The van der Waals surface area contributed by atoms with Gasteiger partial charge < -0.3 is 21.1 Å². The zero-order valence-electron chi connectivity index (χ0n) is 21.7. The van der Waals surface area contributed by atoms with Crippen molar-refractivity contribution in [1.82, 2.24) is 5.32 Å². The summed E-state index contributed by atoms with van der Waals surface area (Å²) in [6, 6.07) is 12.5. The first-order chi connectivity index (χ1) is 18.5. The molecule has 4 rings (SSSR count). The van der Waals surface area contributed by atoms with Gasteiger partial charge in [-0.3, -0.25) is 14.4 Å². The predicted molar refractivity (Wildman–Crippen MR) is 139 cm³/mol. The van der Waals surface area contributed by atoms with E-state index in [2.05, 4.69) is 15.6 Å². The van der Waals surface area contributed by atoms with E-state index in [1.807, 2.05) is 25.1 Å². The van der Waals surface area contributed by atoms with Gasteiger partial charge in [-0.1, -0.05) is 48.7 Å². The van der Waals surface area contributed by atoms with Crippen LogP contribution >= 0.6 is 0 Å². The highest BCUT2D eigenvalue weighted by molar-refractivity contribution is 6.20. The molecule has 1 aliphatic carbocycles. The molecule has 8 nitrogen and oxygen atoms in total. The quantitative estimate of drug-likeness (QED) is 0.417. The molecular formula is C28H31F3N4O4. The summed E-state index contributed by atoms with van der Waals surface area (Å²) in [5.74, 6) is -4.37. The van der Waals surface area contributed by atoms with Crippen LogP contribution < -0.4 is 21.1 Å². The Morgan fingerprint density at radius 3 is 2.51 bits per heavy atom. The van der Waals surface area contributed by atoms with Crippen LogP contribution in [0.4, 0.5) is 18.9 Å². The number of rotatable bonds is 10. The van der Waals surface area contributed by atoms with Gasteiger partial charge in [0.05, 0.1) is 18.5 Å². The number of aryl methyl sites for hydroxylation is 1. The maximum atomic E-state index is 13.5. The average molecular weight is 545 g/mol. The lowest BCUT2D eigenvalue weighted by Gasteiger charge is -2.26. The number of alkyl halides is 3. The molecule has 3 amide bonds. The number of methoxy groups -OCH3 is 1. The Hall–Kier alpha value is -3.89. The molecule has 39 heavy (non-hydrogen) atoms. The van der Waals surface area contributed by atoms with Crippen LogP contribution in [-0.2, 0) is 14.4 Å². The third-order valence-corrected chi connectivity index (χ3v) is 7.04. The highest BCUT2D eigenvalue weighted by Crippen LogP contribution is 2.39. The average Bonchev–Trinajstić information content (AvgIpc) is 3.70. The van der Waals surface area contributed by atoms with E-state index in [0.717, 1.165) is 18.4 Å². The number of nitrogens with one attached hydrogen (secondary N) is 2. The lowest BCUT2D eigenvalue weighted by atomic mass is 9.83. The zero-order valence-corrected chi connectivity index (χ0v) is 21.7. The number of halogens is 3. The number of ether oxygens (including phenoxy) is 1. The van der Waals surface area contributed by atoms with E-state index in [1.165, 1.54) is 7.11 Å². The molecule has 1 heterocycles. The van der Waals surface area contributed by atoms with Crippen LogP contribution in [0, 0.1) is 24.7 Å². The molecule has 0 bridgehead atoms. The van der Waals surface area contributed by atoms with E-state index in [0.29, 0.717) is 28.3 Å². The van der Waals surface area contributed by atoms with Crippen molar-refractivity contribution >= 4 is 29.1 Å². The number of hydrogen-bond donors (Lipinski definition) is 3. The predicted octanol–water partition coefficient (Wildman–Crippen LogP) is 4.10. The van der Waals surface area contributed by atoms with Gasteiger partial charge in [0.25, 0.3) is 5.91 Å². The van der Waals surface area contributed by atoms with Crippen LogP contribution in [0.2, 0.25) is 0 Å². The summed E-state index contributed by atoms with van der Waals surface area (Å²) < 4.78 is 44.9. The molecule has 208 valence electrons. The van der Waals surface area contributed by atoms with Gasteiger partial charge in [0.1, 0.15) is 5.75 Å². The number of primary amides is 1. The number of carbonyl (C=O) groups is 3. The van der Waals surface area contributed by atoms with Crippen LogP contribution in [0.5, 0.6) is 5.75 Å². The Balaban J connectivity index is 1.71. The van der Waals surface area contributed by atoms with Crippen molar-refractivity contribution in [2.24, 2.45) is 28.5 Å². The maximum absolute atomic E-state index is 13.5. The van der Waals surface area contributed by atoms with E-state index >= 15 is 0 Å². The lowest BCUT2D eigenvalue weighted by Crippen LogP contribution is -2.48. The first kappa shape index (κ1) is 28.1. The summed E-state index contributed by atoms with van der Waals surface area (Å²) in [5, 5.41) is 5.24. The highest BCUT2D eigenvalue weighted by atomic mass is 19.4. The molecule has 11 heteroatoms. The summed E-state index contributed by atoms with van der Waals surface area (Å²) in [7, 11) is 1.45. The number of benzene rings is 2. The third-order valence-electron chi connectivity index (χ3n) is 7.04. The number of aliphatic imine (C=N–C) groups is 1. The second-order valence-corrected chi connectivity index (χ2v) is 10.1. The van der Waals surface area contributed by atoms with Crippen LogP contribution in [0.15, 0.2) is 47.5 Å². The monoisotopic (exact) mass is 544 g/mol. The van der Waals surface area contributed by atoms with Crippen molar-refractivity contribution in [3.8, 4) is 5.75 Å². The molecule has 0 saturated heterocycles. The number of hydrogen-bond acceptors (Lipinski definition) is 5. The first-order valence-corrected chi connectivity index (χ1v) is 12.8. The number of amides is 3. The van der Waals surface area contributed by atoms with E-state index in [1.54, 1.807) is 24.3 Å². The fraction of sp³-hybridized carbons (Fsp3) is 0.429. The van der Waals surface area contributed by atoms with Crippen molar-refractivity contribution in [2.75, 3.05) is 12.4 Å². The van der Waals surface area contributed by atoms with Gasteiger partial charge >= 0.3 is 6.18 Å². The molecule has 0 spiro atoms. The van der Waals surface area contributed by atoms with Crippen molar-refractivity contribution in [2.45, 2.75) is 51.4 Å². The molecule has 0 radical (unpaired) electrons. The van der Waals surface area contributed by atoms with E-state index in [-0.39, 0.29) is 12.3 Å². The lowest BCUT2D eigenvalue weighted by molar-refractivity contribution is -0.146. The van der Waals surface area contributed by atoms with Gasteiger partial charge in [0, 0.05) is 29.4 Å². The van der Waals surface area contributed by atoms with Crippen LogP contribution in [-0.4, -0.2) is 42.9 Å². The molecular weight excluding hydrogens is 513 g/mol. The second-order valence-electron chi connectivity index (χ2n) is 10.1. The van der Waals surface area contributed by atoms with Crippen molar-refractivity contribution in [3.05, 3.63) is 59.2 Å². The van der Waals surface area contributed by atoms with Gasteiger partial charge in [-0.2, -0.15) is 13.2 Å². The Kier molecular flexibility index (Phi) is 8.27. The Morgan fingerprint density at radius 1 is 1.18 bits per heavy atom. The number of nitrogens with two attached hydrogens (primary N) is 1. The molecule has 1 aliphatic heterocycles.